The molecule has 0 fully saturated rings. The number of hydrogen-bond donors (Lipinski definition) is 2. The molecular formula is C14H20N4O2S. The van der Waals surface area contributed by atoms with Gasteiger partial charge in [-0.3, -0.25) is 0 Å². The molecule has 0 bridgehead atoms. The van der Waals surface area contributed by atoms with Crippen molar-refractivity contribution in [2.75, 3.05) is 5.32 Å². The normalized spacial score (nSPS) is 11.8. The number of nitrogens with zero attached hydrogens (tertiary/aromatic N) is 2. The monoisotopic (exact) mass is 308 g/mol. The van der Waals surface area contributed by atoms with Gasteiger partial charge in [0.15, 0.2) is 0 Å². The van der Waals surface area contributed by atoms with E-state index in [2.05, 4.69) is 15.0 Å². The molecule has 0 aliphatic carbocycles. The number of sulfonamides is 1. The number of hydrogen-bond acceptors (Lipinski definition) is 4. The summed E-state index contributed by atoms with van der Waals surface area (Å²) in [5.74, 6) is 0.910. The maximum atomic E-state index is 12.0. The lowest BCUT2D eigenvalue weighted by Gasteiger charge is -2.11. The number of nitrogens with one attached hydrogen (secondary N) is 2. The van der Waals surface area contributed by atoms with Crippen LogP contribution in [-0.2, 0) is 23.6 Å². The van der Waals surface area contributed by atoms with Gasteiger partial charge in [0.25, 0.3) is 0 Å². The van der Waals surface area contributed by atoms with Crippen LogP contribution in [-0.4, -0.2) is 24.0 Å². The Labute approximate surface area is 125 Å². The molecule has 114 valence electrons. The molecule has 1 aromatic heterocycles. The Kier molecular flexibility index (Phi) is 4.64. The highest BCUT2D eigenvalue weighted by Crippen LogP contribution is 2.15. The van der Waals surface area contributed by atoms with Crippen LogP contribution >= 0.6 is 0 Å². The van der Waals surface area contributed by atoms with Crippen LogP contribution in [0, 0.1) is 0 Å². The van der Waals surface area contributed by atoms with Crippen molar-refractivity contribution >= 4 is 15.7 Å². The molecule has 1 aromatic carbocycles. The molecule has 0 aliphatic heterocycles. The Morgan fingerprint density at radius 3 is 2.43 bits per heavy atom. The van der Waals surface area contributed by atoms with E-state index in [0.29, 0.717) is 6.54 Å². The largest absolute Gasteiger partial charge is 0.378 e. The summed E-state index contributed by atoms with van der Waals surface area (Å²) < 4.78 is 28.5. The van der Waals surface area contributed by atoms with E-state index in [1.807, 2.05) is 17.8 Å². The standard InChI is InChI=1S/C14H20N4O2S/c1-11(2)17-21(19,20)13-6-4-12(5-7-13)16-10-14-15-8-9-18(14)3/h4-9,11,16-17H,10H2,1-3H3. The van der Waals surface area contributed by atoms with Crippen LogP contribution in [0.3, 0.4) is 0 Å². The average Bonchev–Trinajstić information content (AvgIpc) is 2.81. The first-order valence-corrected chi connectivity index (χ1v) is 8.19. The van der Waals surface area contributed by atoms with Crippen LogP contribution < -0.4 is 10.0 Å². The number of aryl methyl sites for hydroxylation is 1. The van der Waals surface area contributed by atoms with E-state index in [4.69, 9.17) is 0 Å². The van der Waals surface area contributed by atoms with Gasteiger partial charge in [-0.05, 0) is 38.1 Å². The summed E-state index contributed by atoms with van der Waals surface area (Å²) in [4.78, 5) is 4.48. The van der Waals surface area contributed by atoms with Crippen LogP contribution in [0.25, 0.3) is 0 Å². The van der Waals surface area contributed by atoms with Gasteiger partial charge >= 0.3 is 0 Å². The molecule has 0 saturated carbocycles. The van der Waals surface area contributed by atoms with Crippen molar-refractivity contribution in [2.45, 2.75) is 31.3 Å². The average molecular weight is 308 g/mol. The van der Waals surface area contributed by atoms with Gasteiger partial charge in [-0.15, -0.1) is 0 Å². The summed E-state index contributed by atoms with van der Waals surface area (Å²) in [6.45, 7) is 4.17. The molecule has 2 rings (SSSR count). The van der Waals surface area contributed by atoms with E-state index in [1.165, 1.54) is 0 Å². The highest BCUT2D eigenvalue weighted by Gasteiger charge is 2.14. The van der Waals surface area contributed by atoms with Crippen molar-refractivity contribution in [3.05, 3.63) is 42.5 Å². The highest BCUT2D eigenvalue weighted by molar-refractivity contribution is 7.89. The Hall–Kier alpha value is -1.86. The Balaban J connectivity index is 2.04. The zero-order valence-electron chi connectivity index (χ0n) is 12.4. The highest BCUT2D eigenvalue weighted by atomic mass is 32.2. The minimum absolute atomic E-state index is 0.129. The summed E-state index contributed by atoms with van der Waals surface area (Å²) in [5.41, 5.74) is 0.849. The van der Waals surface area contributed by atoms with Gasteiger partial charge in [-0.1, -0.05) is 0 Å². The summed E-state index contributed by atoms with van der Waals surface area (Å²) in [6, 6.07) is 6.54. The minimum Gasteiger partial charge on any atom is -0.378 e. The molecule has 0 atom stereocenters. The van der Waals surface area contributed by atoms with E-state index >= 15 is 0 Å². The second-order valence-electron chi connectivity index (χ2n) is 5.11. The minimum atomic E-state index is -3.44. The molecule has 1 heterocycles. The summed E-state index contributed by atoms with van der Waals surface area (Å²) in [7, 11) is -1.51. The first kappa shape index (κ1) is 15.5. The summed E-state index contributed by atoms with van der Waals surface area (Å²) >= 11 is 0. The van der Waals surface area contributed by atoms with Crippen molar-refractivity contribution in [1.82, 2.24) is 14.3 Å². The van der Waals surface area contributed by atoms with Gasteiger partial charge in [0.1, 0.15) is 5.82 Å². The van der Waals surface area contributed by atoms with Crippen LogP contribution in [0.15, 0.2) is 41.6 Å². The van der Waals surface area contributed by atoms with Crippen molar-refractivity contribution < 1.29 is 8.42 Å². The van der Waals surface area contributed by atoms with E-state index in [1.54, 1.807) is 44.3 Å². The number of anilines is 1. The third kappa shape index (κ3) is 4.05. The van der Waals surface area contributed by atoms with Gasteiger partial charge < -0.3 is 9.88 Å². The fourth-order valence-electron chi connectivity index (χ4n) is 1.88. The van der Waals surface area contributed by atoms with Gasteiger partial charge in [0.2, 0.25) is 10.0 Å². The first-order valence-electron chi connectivity index (χ1n) is 6.71. The zero-order valence-corrected chi connectivity index (χ0v) is 13.2. The molecule has 0 amide bonds. The number of benzene rings is 1. The molecular weight excluding hydrogens is 288 g/mol. The molecule has 0 spiro atoms. The molecule has 7 heteroatoms. The fraction of sp³-hybridized carbons (Fsp3) is 0.357. The molecule has 0 aliphatic rings. The first-order chi connectivity index (χ1) is 9.88. The lowest BCUT2D eigenvalue weighted by atomic mass is 10.3. The molecule has 6 nitrogen and oxygen atoms in total. The third-order valence-electron chi connectivity index (χ3n) is 2.93. The van der Waals surface area contributed by atoms with Crippen molar-refractivity contribution in [2.24, 2.45) is 7.05 Å². The molecule has 21 heavy (non-hydrogen) atoms. The second kappa shape index (κ2) is 6.28. The zero-order chi connectivity index (χ0) is 15.5. The lowest BCUT2D eigenvalue weighted by Crippen LogP contribution is -2.30. The van der Waals surface area contributed by atoms with Gasteiger partial charge in [0, 0.05) is 31.2 Å². The van der Waals surface area contributed by atoms with Crippen molar-refractivity contribution in [3.63, 3.8) is 0 Å². The molecule has 2 N–H and O–H groups in total. The van der Waals surface area contributed by atoms with E-state index < -0.39 is 10.0 Å². The summed E-state index contributed by atoms with van der Waals surface area (Å²) in [6.07, 6.45) is 3.62. The Bertz CT molecular complexity index is 690. The number of aromatic nitrogens is 2. The predicted molar refractivity (Wildman–Crippen MR) is 82.4 cm³/mol. The Morgan fingerprint density at radius 2 is 1.90 bits per heavy atom. The molecule has 0 saturated heterocycles. The molecule has 0 unspecified atom stereocenters. The van der Waals surface area contributed by atoms with Crippen LogP contribution in [0.2, 0.25) is 0 Å². The maximum absolute atomic E-state index is 12.0. The van der Waals surface area contributed by atoms with E-state index in [0.717, 1.165) is 11.5 Å². The van der Waals surface area contributed by atoms with E-state index in [9.17, 15) is 8.42 Å². The predicted octanol–water partition coefficient (Wildman–Crippen LogP) is 1.72. The number of imidazole rings is 1. The summed E-state index contributed by atoms with van der Waals surface area (Å²) in [5, 5.41) is 3.21. The SMILES string of the molecule is CC(C)NS(=O)(=O)c1ccc(NCc2nccn2C)cc1. The smallest absolute Gasteiger partial charge is 0.240 e. The van der Waals surface area contributed by atoms with Crippen molar-refractivity contribution in [1.29, 1.82) is 0 Å². The van der Waals surface area contributed by atoms with Gasteiger partial charge in [0.05, 0.1) is 11.4 Å². The van der Waals surface area contributed by atoms with Crippen LogP contribution in [0.5, 0.6) is 0 Å². The quantitative estimate of drug-likeness (QED) is 0.852. The second-order valence-corrected chi connectivity index (χ2v) is 6.82. The van der Waals surface area contributed by atoms with E-state index in [-0.39, 0.29) is 10.9 Å². The topological polar surface area (TPSA) is 76.0 Å². The fourth-order valence-corrected chi connectivity index (χ4v) is 3.13. The number of rotatable bonds is 6. The molecule has 2 aromatic rings. The molecule has 0 radical (unpaired) electrons. The third-order valence-corrected chi connectivity index (χ3v) is 4.60. The van der Waals surface area contributed by atoms with Crippen LogP contribution in [0.1, 0.15) is 19.7 Å². The lowest BCUT2D eigenvalue weighted by molar-refractivity contribution is 0.570. The van der Waals surface area contributed by atoms with Gasteiger partial charge in [-0.2, -0.15) is 0 Å². The maximum Gasteiger partial charge on any atom is 0.240 e. The van der Waals surface area contributed by atoms with Crippen molar-refractivity contribution in [3.8, 4) is 0 Å². The Morgan fingerprint density at radius 1 is 1.24 bits per heavy atom. The van der Waals surface area contributed by atoms with Gasteiger partial charge in [-0.25, -0.2) is 18.1 Å². The van der Waals surface area contributed by atoms with Crippen LogP contribution in [0.4, 0.5) is 5.69 Å².